The molecule has 0 saturated carbocycles. The lowest BCUT2D eigenvalue weighted by molar-refractivity contribution is -0.137. The minimum atomic E-state index is -5.11. The summed E-state index contributed by atoms with van der Waals surface area (Å²) in [6, 6.07) is 3.86. The van der Waals surface area contributed by atoms with Crippen LogP contribution in [-0.4, -0.2) is 70.7 Å². The second-order valence-electron chi connectivity index (χ2n) is 11.4. The van der Waals surface area contributed by atoms with E-state index in [0.717, 1.165) is 29.0 Å². The summed E-state index contributed by atoms with van der Waals surface area (Å²) in [5.74, 6) is -3.65. The van der Waals surface area contributed by atoms with Crippen molar-refractivity contribution in [2.75, 3.05) is 30.8 Å². The van der Waals surface area contributed by atoms with Crippen LogP contribution in [0.1, 0.15) is 37.8 Å². The molecule has 0 N–H and O–H groups in total. The lowest BCUT2D eigenvalue weighted by atomic mass is 10.0. The van der Waals surface area contributed by atoms with Gasteiger partial charge in [0.2, 0.25) is 5.91 Å². The summed E-state index contributed by atoms with van der Waals surface area (Å²) in [6.45, 7) is 9.05. The number of hydrogen-bond acceptors (Lipinski definition) is 8. The monoisotopic (exact) mass is 676 g/mol. The van der Waals surface area contributed by atoms with Gasteiger partial charge in [-0.05, 0) is 48.7 Å². The first-order chi connectivity index (χ1) is 21.9. The fourth-order valence-corrected chi connectivity index (χ4v) is 6.53. The Bertz CT molecular complexity index is 2100. The molecule has 1 aromatic carbocycles. The average molecular weight is 677 g/mol. The molecule has 1 aliphatic heterocycles. The van der Waals surface area contributed by atoms with Crippen LogP contribution in [0.4, 0.5) is 27.8 Å². The Morgan fingerprint density at radius 3 is 2.40 bits per heavy atom. The van der Waals surface area contributed by atoms with E-state index in [4.69, 9.17) is 0 Å². The number of fused-ring (bicyclic) bond motifs is 1. The van der Waals surface area contributed by atoms with Gasteiger partial charge in [-0.1, -0.05) is 26.5 Å². The van der Waals surface area contributed by atoms with Crippen molar-refractivity contribution < 1.29 is 35.2 Å². The van der Waals surface area contributed by atoms with Gasteiger partial charge in [-0.3, -0.25) is 4.79 Å². The summed E-state index contributed by atoms with van der Waals surface area (Å²) in [5, 5.41) is -0.731. The number of halogens is 5. The molecule has 1 amide bonds. The van der Waals surface area contributed by atoms with Crippen molar-refractivity contribution in [3.05, 3.63) is 82.4 Å². The second kappa shape index (κ2) is 12.1. The highest BCUT2D eigenvalue weighted by atomic mass is 32.2. The van der Waals surface area contributed by atoms with Gasteiger partial charge in [0.15, 0.2) is 26.3 Å². The number of sulfone groups is 1. The number of pyridine rings is 2. The van der Waals surface area contributed by atoms with E-state index >= 15 is 8.78 Å². The van der Waals surface area contributed by atoms with E-state index in [2.05, 4.69) is 21.5 Å². The summed E-state index contributed by atoms with van der Waals surface area (Å²) in [4.78, 5) is 41.8. The number of alkyl halides is 3. The van der Waals surface area contributed by atoms with Crippen LogP contribution in [0.2, 0.25) is 0 Å². The molecule has 1 saturated heterocycles. The van der Waals surface area contributed by atoms with E-state index in [9.17, 15) is 31.2 Å². The molecule has 1 aliphatic rings. The van der Waals surface area contributed by atoms with Gasteiger partial charge < -0.3 is 9.80 Å². The molecule has 0 aliphatic carbocycles. The van der Waals surface area contributed by atoms with E-state index in [0.29, 0.717) is 12.1 Å². The highest BCUT2D eigenvalue weighted by Crippen LogP contribution is 2.40. The zero-order valence-corrected chi connectivity index (χ0v) is 26.5. The molecule has 1 fully saturated rings. The third kappa shape index (κ3) is 6.08. The number of aromatic nitrogens is 4. The minimum absolute atomic E-state index is 0.111. The van der Waals surface area contributed by atoms with Crippen LogP contribution in [0.3, 0.4) is 0 Å². The summed E-state index contributed by atoms with van der Waals surface area (Å²) >= 11 is 0. The molecule has 10 nitrogen and oxygen atoms in total. The van der Waals surface area contributed by atoms with Crippen molar-refractivity contribution in [1.29, 1.82) is 0 Å². The molecule has 1 atom stereocenters. The maximum Gasteiger partial charge on any atom is 0.417 e. The number of rotatable bonds is 6. The van der Waals surface area contributed by atoms with Crippen LogP contribution in [0.25, 0.3) is 28.0 Å². The fourth-order valence-electron chi connectivity index (χ4n) is 5.71. The van der Waals surface area contributed by atoms with Gasteiger partial charge in [0.05, 0.1) is 22.2 Å². The third-order valence-electron chi connectivity index (χ3n) is 7.86. The SMILES string of the molecule is C=CC(=O)N1CCN(c2nc(=O)n(-c3c(C(C)C)ccnc3S(C)(=O)=O)c3nc(-c4c(F)cccc4C(F)(F)F)c(F)cc23)[C@@H](C)C1. The number of carbonyl (C=O) groups excluding carboxylic acids is 1. The molecule has 0 bridgehead atoms. The normalized spacial score (nSPS) is 15.8. The highest BCUT2D eigenvalue weighted by molar-refractivity contribution is 7.90. The lowest BCUT2D eigenvalue weighted by Crippen LogP contribution is -2.54. The Hall–Kier alpha value is -4.73. The van der Waals surface area contributed by atoms with Crippen LogP contribution in [0.15, 0.2) is 59.0 Å². The van der Waals surface area contributed by atoms with Gasteiger partial charge in [-0.15, -0.1) is 0 Å². The molecule has 0 radical (unpaired) electrons. The van der Waals surface area contributed by atoms with Crippen LogP contribution >= 0.6 is 0 Å². The fraction of sp³-hybridized carbons (Fsp3) is 0.323. The number of benzene rings is 1. The van der Waals surface area contributed by atoms with Crippen molar-refractivity contribution in [3.63, 3.8) is 0 Å². The lowest BCUT2D eigenvalue weighted by Gasteiger charge is -2.40. The molecule has 0 spiro atoms. The molecule has 3 aromatic heterocycles. The second-order valence-corrected chi connectivity index (χ2v) is 13.3. The van der Waals surface area contributed by atoms with Gasteiger partial charge in [-0.2, -0.15) is 18.2 Å². The highest BCUT2D eigenvalue weighted by Gasteiger charge is 2.37. The molecular formula is C31H29F5N6O4S. The molecule has 4 heterocycles. The van der Waals surface area contributed by atoms with Gasteiger partial charge in [0, 0.05) is 38.1 Å². The van der Waals surface area contributed by atoms with Gasteiger partial charge in [0.1, 0.15) is 17.3 Å². The van der Waals surface area contributed by atoms with Gasteiger partial charge in [0.25, 0.3) is 0 Å². The van der Waals surface area contributed by atoms with Gasteiger partial charge >= 0.3 is 11.9 Å². The Morgan fingerprint density at radius 1 is 1.11 bits per heavy atom. The summed E-state index contributed by atoms with van der Waals surface area (Å²) in [6.07, 6.45) is -1.88. The summed E-state index contributed by atoms with van der Waals surface area (Å²) in [7, 11) is -4.15. The first-order valence-corrected chi connectivity index (χ1v) is 16.2. The number of hydrogen-bond donors (Lipinski definition) is 0. The van der Waals surface area contributed by atoms with E-state index in [1.807, 2.05) is 0 Å². The van der Waals surface area contributed by atoms with Crippen LogP contribution < -0.4 is 10.6 Å². The Kier molecular flexibility index (Phi) is 8.68. The molecular weight excluding hydrogens is 647 g/mol. The molecule has 16 heteroatoms. The van der Waals surface area contributed by atoms with Crippen molar-refractivity contribution >= 4 is 32.6 Å². The molecule has 248 valence electrons. The van der Waals surface area contributed by atoms with E-state index in [1.165, 1.54) is 17.2 Å². The standard InChI is InChI=1S/C31H29F5N6O4S/c1-6-23(43)40-12-13-41(17(4)15-40)27-19-14-22(33)25(24-20(31(34,35)36)8-7-9-21(24)32)38-28(19)42(30(44)39-27)26-18(16(2)3)10-11-37-29(26)47(5,45)46/h6-11,14,16-17H,1,12-13,15H2,2-5H3/t17-/m0/s1. The topological polar surface area (TPSA) is 118 Å². The third-order valence-corrected chi connectivity index (χ3v) is 8.86. The summed E-state index contributed by atoms with van der Waals surface area (Å²) < 4.78 is 100. The number of nitrogens with zero attached hydrogens (tertiary/aromatic N) is 6. The first kappa shape index (κ1) is 33.6. The van der Waals surface area contributed by atoms with Crippen molar-refractivity contribution in [2.45, 2.75) is 43.9 Å². The Labute approximate surface area is 266 Å². The Morgan fingerprint density at radius 2 is 1.81 bits per heavy atom. The van der Waals surface area contributed by atoms with E-state index in [-0.39, 0.29) is 48.0 Å². The maximum atomic E-state index is 16.0. The zero-order valence-electron chi connectivity index (χ0n) is 25.6. The van der Waals surface area contributed by atoms with Gasteiger partial charge in [-0.25, -0.2) is 36.5 Å². The quantitative estimate of drug-likeness (QED) is 0.209. The van der Waals surface area contributed by atoms with E-state index in [1.54, 1.807) is 25.7 Å². The number of amides is 1. The number of carbonyl (C=O) groups is 1. The predicted octanol–water partition coefficient (Wildman–Crippen LogP) is 4.89. The molecule has 0 unspecified atom stereocenters. The number of anilines is 1. The van der Waals surface area contributed by atoms with E-state index < -0.39 is 72.8 Å². The summed E-state index contributed by atoms with van der Waals surface area (Å²) in [5.41, 5.74) is -5.33. The van der Waals surface area contributed by atoms with Crippen molar-refractivity contribution in [1.82, 2.24) is 24.4 Å². The first-order valence-electron chi connectivity index (χ1n) is 14.3. The minimum Gasteiger partial charge on any atom is -0.350 e. The Balaban J connectivity index is 1.93. The maximum absolute atomic E-state index is 16.0. The van der Waals surface area contributed by atoms with Crippen LogP contribution in [-0.2, 0) is 20.8 Å². The average Bonchev–Trinajstić information content (AvgIpc) is 2.99. The molecule has 5 rings (SSSR count). The largest absolute Gasteiger partial charge is 0.417 e. The number of piperazine rings is 1. The van der Waals surface area contributed by atoms with Crippen LogP contribution in [0.5, 0.6) is 0 Å². The molecule has 4 aromatic rings. The van der Waals surface area contributed by atoms with Crippen LogP contribution in [0, 0.1) is 11.6 Å². The molecule has 47 heavy (non-hydrogen) atoms. The van der Waals surface area contributed by atoms with Crippen molar-refractivity contribution in [2.24, 2.45) is 0 Å². The smallest absolute Gasteiger partial charge is 0.350 e. The van der Waals surface area contributed by atoms with Crippen molar-refractivity contribution in [3.8, 4) is 16.9 Å². The predicted molar refractivity (Wildman–Crippen MR) is 164 cm³/mol. The zero-order chi connectivity index (χ0) is 34.6.